The molecular weight excluding hydrogens is 256 g/mol. The van der Waals surface area contributed by atoms with Crippen LogP contribution >= 0.6 is 0 Å². The van der Waals surface area contributed by atoms with Gasteiger partial charge >= 0.3 is 5.97 Å². The van der Waals surface area contributed by atoms with E-state index in [1.54, 1.807) is 13.8 Å². The Morgan fingerprint density at radius 1 is 1.10 bits per heavy atom. The van der Waals surface area contributed by atoms with Crippen LogP contribution < -0.4 is 0 Å². The molecule has 114 valence electrons. The van der Waals surface area contributed by atoms with Gasteiger partial charge in [-0.15, -0.1) is 0 Å². The number of rotatable bonds is 4. The topological polar surface area (TPSA) is 60.9 Å². The molecule has 1 saturated heterocycles. The van der Waals surface area contributed by atoms with Crippen LogP contribution in [0.3, 0.4) is 0 Å². The molecule has 0 radical (unpaired) electrons. The molecule has 1 aliphatic carbocycles. The fraction of sp³-hybridized carbons (Fsp3) is 0.867. The summed E-state index contributed by atoms with van der Waals surface area (Å²) in [5, 5.41) is 9.10. The number of aliphatic carboxylic acids is 1. The third kappa shape index (κ3) is 3.51. The van der Waals surface area contributed by atoms with Gasteiger partial charge in [0.05, 0.1) is 5.41 Å². The van der Waals surface area contributed by atoms with Crippen molar-refractivity contribution in [2.45, 2.75) is 52.0 Å². The van der Waals surface area contributed by atoms with Crippen LogP contribution in [0.4, 0.5) is 0 Å². The normalized spacial score (nSPS) is 22.2. The molecule has 5 heteroatoms. The minimum atomic E-state index is -0.973. The molecule has 20 heavy (non-hydrogen) atoms. The van der Waals surface area contributed by atoms with Gasteiger partial charge in [-0.3, -0.25) is 14.5 Å². The summed E-state index contributed by atoms with van der Waals surface area (Å²) in [4.78, 5) is 27.6. The molecule has 0 spiro atoms. The maximum atomic E-state index is 12.2. The third-order valence-electron chi connectivity index (χ3n) is 4.68. The molecule has 0 aromatic heterocycles. The zero-order chi connectivity index (χ0) is 14.8. The minimum absolute atomic E-state index is 0.0246. The summed E-state index contributed by atoms with van der Waals surface area (Å²) in [6.45, 7) is 6.58. The molecule has 1 saturated carbocycles. The molecule has 1 aliphatic heterocycles. The van der Waals surface area contributed by atoms with Crippen molar-refractivity contribution in [3.05, 3.63) is 0 Å². The first kappa shape index (κ1) is 15.3. The Morgan fingerprint density at radius 3 is 2.15 bits per heavy atom. The van der Waals surface area contributed by atoms with Crippen LogP contribution in [0, 0.1) is 5.41 Å². The first-order chi connectivity index (χ1) is 9.40. The lowest BCUT2D eigenvalue weighted by molar-refractivity contribution is -0.152. The Balaban J connectivity index is 1.81. The number of carbonyl (C=O) groups excluding carboxylic acids is 1. The van der Waals surface area contributed by atoms with Crippen molar-refractivity contribution in [3.63, 3.8) is 0 Å². The second-order valence-corrected chi connectivity index (χ2v) is 6.72. The van der Waals surface area contributed by atoms with E-state index in [-0.39, 0.29) is 12.3 Å². The number of piperazine rings is 1. The predicted molar refractivity (Wildman–Crippen MR) is 76.4 cm³/mol. The van der Waals surface area contributed by atoms with Crippen molar-refractivity contribution in [3.8, 4) is 0 Å². The largest absolute Gasteiger partial charge is 0.481 e. The van der Waals surface area contributed by atoms with E-state index in [2.05, 4.69) is 4.90 Å². The number of hydrogen-bond donors (Lipinski definition) is 1. The molecule has 5 nitrogen and oxygen atoms in total. The maximum Gasteiger partial charge on any atom is 0.309 e. The van der Waals surface area contributed by atoms with Crippen LogP contribution in [0.2, 0.25) is 0 Å². The molecule has 0 aromatic carbocycles. The molecule has 0 aromatic rings. The first-order valence-electron chi connectivity index (χ1n) is 7.65. The molecule has 1 N–H and O–H groups in total. The van der Waals surface area contributed by atoms with E-state index >= 15 is 0 Å². The van der Waals surface area contributed by atoms with Gasteiger partial charge < -0.3 is 10.0 Å². The molecule has 0 bridgehead atoms. The van der Waals surface area contributed by atoms with Crippen molar-refractivity contribution in [1.82, 2.24) is 9.80 Å². The highest BCUT2D eigenvalue weighted by Crippen LogP contribution is 2.25. The number of nitrogens with zero attached hydrogens (tertiary/aromatic N) is 2. The summed E-state index contributed by atoms with van der Waals surface area (Å²) < 4.78 is 0. The Labute approximate surface area is 120 Å². The highest BCUT2D eigenvalue weighted by atomic mass is 16.4. The molecule has 2 fully saturated rings. The standard InChI is InChI=1S/C15H26N2O3/c1-15(2,14(19)20)11-13(18)17-9-7-16(8-10-17)12-5-3-4-6-12/h12H,3-11H2,1-2H3,(H,19,20). The van der Waals surface area contributed by atoms with Crippen LogP contribution in [0.25, 0.3) is 0 Å². The Hall–Kier alpha value is -1.10. The number of carboxylic acids is 1. The highest BCUT2D eigenvalue weighted by Gasteiger charge is 2.34. The summed E-state index contributed by atoms with van der Waals surface area (Å²) >= 11 is 0. The summed E-state index contributed by atoms with van der Waals surface area (Å²) in [5.41, 5.74) is -0.973. The monoisotopic (exact) mass is 282 g/mol. The first-order valence-corrected chi connectivity index (χ1v) is 7.65. The van der Waals surface area contributed by atoms with Gasteiger partial charge in [0.15, 0.2) is 0 Å². The smallest absolute Gasteiger partial charge is 0.309 e. The van der Waals surface area contributed by atoms with E-state index in [1.165, 1.54) is 25.7 Å². The zero-order valence-electron chi connectivity index (χ0n) is 12.6. The van der Waals surface area contributed by atoms with E-state index in [0.717, 1.165) is 26.2 Å². The van der Waals surface area contributed by atoms with Crippen LogP contribution in [-0.2, 0) is 9.59 Å². The van der Waals surface area contributed by atoms with Crippen LogP contribution in [0.1, 0.15) is 46.0 Å². The average molecular weight is 282 g/mol. The van der Waals surface area contributed by atoms with Crippen molar-refractivity contribution in [2.75, 3.05) is 26.2 Å². The van der Waals surface area contributed by atoms with E-state index < -0.39 is 11.4 Å². The highest BCUT2D eigenvalue weighted by molar-refractivity contribution is 5.84. The van der Waals surface area contributed by atoms with E-state index in [1.807, 2.05) is 4.90 Å². The summed E-state index contributed by atoms with van der Waals surface area (Å²) in [6.07, 6.45) is 5.33. The zero-order valence-corrected chi connectivity index (χ0v) is 12.6. The predicted octanol–water partition coefficient (Wildman–Crippen LogP) is 1.57. The van der Waals surface area contributed by atoms with E-state index in [0.29, 0.717) is 6.04 Å². The number of carboxylic acid groups (broad SMARTS) is 1. The number of hydrogen-bond acceptors (Lipinski definition) is 3. The van der Waals surface area contributed by atoms with Gasteiger partial charge in [-0.2, -0.15) is 0 Å². The molecule has 2 rings (SSSR count). The van der Waals surface area contributed by atoms with E-state index in [9.17, 15) is 9.59 Å². The van der Waals surface area contributed by atoms with Crippen molar-refractivity contribution >= 4 is 11.9 Å². The van der Waals surface area contributed by atoms with Crippen LogP contribution in [0.5, 0.6) is 0 Å². The molecule has 1 heterocycles. The fourth-order valence-corrected chi connectivity index (χ4v) is 3.17. The lowest BCUT2D eigenvalue weighted by atomic mass is 9.89. The number of amides is 1. The van der Waals surface area contributed by atoms with Crippen molar-refractivity contribution in [1.29, 1.82) is 0 Å². The Bertz CT molecular complexity index is 367. The lowest BCUT2D eigenvalue weighted by Crippen LogP contribution is -2.52. The van der Waals surface area contributed by atoms with Gasteiger partial charge in [0.25, 0.3) is 0 Å². The van der Waals surface area contributed by atoms with E-state index in [4.69, 9.17) is 5.11 Å². The van der Waals surface area contributed by atoms with Gasteiger partial charge in [-0.25, -0.2) is 0 Å². The SMILES string of the molecule is CC(C)(CC(=O)N1CCN(C2CCCC2)CC1)C(=O)O. The molecule has 0 atom stereocenters. The summed E-state index contributed by atoms with van der Waals surface area (Å²) in [5.74, 6) is -0.932. The van der Waals surface area contributed by atoms with Crippen LogP contribution in [0.15, 0.2) is 0 Å². The second-order valence-electron chi connectivity index (χ2n) is 6.72. The number of carbonyl (C=O) groups is 2. The quantitative estimate of drug-likeness (QED) is 0.850. The Kier molecular flexibility index (Phi) is 4.68. The molecule has 2 aliphatic rings. The maximum absolute atomic E-state index is 12.2. The fourth-order valence-electron chi connectivity index (χ4n) is 3.17. The molecule has 1 amide bonds. The van der Waals surface area contributed by atoms with Gasteiger partial charge in [0.1, 0.15) is 0 Å². The molecular formula is C15H26N2O3. The second kappa shape index (κ2) is 6.12. The van der Waals surface area contributed by atoms with Gasteiger partial charge in [0, 0.05) is 38.6 Å². The summed E-state index contributed by atoms with van der Waals surface area (Å²) in [6, 6.07) is 0.711. The van der Waals surface area contributed by atoms with Crippen molar-refractivity contribution < 1.29 is 14.7 Å². The van der Waals surface area contributed by atoms with Gasteiger partial charge in [-0.05, 0) is 26.7 Å². The van der Waals surface area contributed by atoms with Crippen molar-refractivity contribution in [2.24, 2.45) is 5.41 Å². The Morgan fingerprint density at radius 2 is 1.65 bits per heavy atom. The minimum Gasteiger partial charge on any atom is -0.481 e. The van der Waals surface area contributed by atoms with Gasteiger partial charge in [0.2, 0.25) is 5.91 Å². The summed E-state index contributed by atoms with van der Waals surface area (Å²) in [7, 11) is 0. The third-order valence-corrected chi connectivity index (χ3v) is 4.68. The average Bonchev–Trinajstić information content (AvgIpc) is 2.92. The van der Waals surface area contributed by atoms with Gasteiger partial charge in [-0.1, -0.05) is 12.8 Å². The van der Waals surface area contributed by atoms with Crippen LogP contribution in [-0.4, -0.2) is 59.0 Å². The molecule has 0 unspecified atom stereocenters. The lowest BCUT2D eigenvalue weighted by Gasteiger charge is -2.38.